The van der Waals surface area contributed by atoms with E-state index in [-0.39, 0.29) is 11.9 Å². The number of halogens is 1. The standard InChI is InChI=1S/C15H19IO2/c1-18-15(17)14(10-11-4-2-3-5-11)12-6-8-13(16)9-7-12/h6-9,11,14H,2-5,10H2,1H3. The second-order valence-corrected chi connectivity index (χ2v) is 6.26. The Hall–Kier alpha value is -0.580. The van der Waals surface area contributed by atoms with Crippen LogP contribution in [-0.2, 0) is 9.53 Å². The molecule has 1 aromatic carbocycles. The third-order valence-corrected chi connectivity index (χ3v) is 4.52. The van der Waals surface area contributed by atoms with E-state index in [1.807, 2.05) is 0 Å². The zero-order valence-corrected chi connectivity index (χ0v) is 12.9. The lowest BCUT2D eigenvalue weighted by Crippen LogP contribution is -2.17. The Labute approximate surface area is 122 Å². The van der Waals surface area contributed by atoms with Crippen LogP contribution in [0.15, 0.2) is 24.3 Å². The van der Waals surface area contributed by atoms with Crippen molar-refractivity contribution in [2.45, 2.75) is 38.0 Å². The first kappa shape index (κ1) is 13.8. The molecule has 0 N–H and O–H groups in total. The van der Waals surface area contributed by atoms with Gasteiger partial charge in [-0.1, -0.05) is 37.8 Å². The Morgan fingerprint density at radius 3 is 2.50 bits per heavy atom. The maximum absolute atomic E-state index is 12.0. The van der Waals surface area contributed by atoms with Crippen molar-refractivity contribution >= 4 is 28.6 Å². The fraction of sp³-hybridized carbons (Fsp3) is 0.533. The van der Waals surface area contributed by atoms with Crippen LogP contribution in [0.4, 0.5) is 0 Å². The van der Waals surface area contributed by atoms with E-state index in [1.54, 1.807) is 0 Å². The molecule has 1 aliphatic rings. The summed E-state index contributed by atoms with van der Waals surface area (Å²) in [6.45, 7) is 0. The maximum Gasteiger partial charge on any atom is 0.313 e. The Balaban J connectivity index is 2.13. The Morgan fingerprint density at radius 2 is 1.94 bits per heavy atom. The zero-order valence-electron chi connectivity index (χ0n) is 10.7. The highest BCUT2D eigenvalue weighted by Crippen LogP contribution is 2.34. The van der Waals surface area contributed by atoms with E-state index in [1.165, 1.54) is 36.4 Å². The van der Waals surface area contributed by atoms with Gasteiger partial charge in [-0.15, -0.1) is 0 Å². The minimum Gasteiger partial charge on any atom is -0.469 e. The number of hydrogen-bond donors (Lipinski definition) is 0. The molecular weight excluding hydrogens is 339 g/mol. The largest absolute Gasteiger partial charge is 0.469 e. The van der Waals surface area contributed by atoms with Gasteiger partial charge in [-0.2, -0.15) is 0 Å². The number of methoxy groups -OCH3 is 1. The lowest BCUT2D eigenvalue weighted by Gasteiger charge is -2.18. The number of carbonyl (C=O) groups is 1. The highest BCUT2D eigenvalue weighted by atomic mass is 127. The highest BCUT2D eigenvalue weighted by molar-refractivity contribution is 14.1. The van der Waals surface area contributed by atoms with Gasteiger partial charge in [0.15, 0.2) is 0 Å². The van der Waals surface area contributed by atoms with Gasteiger partial charge in [0, 0.05) is 3.57 Å². The van der Waals surface area contributed by atoms with Gasteiger partial charge in [-0.25, -0.2) is 0 Å². The highest BCUT2D eigenvalue weighted by Gasteiger charge is 2.27. The molecule has 1 saturated carbocycles. The van der Waals surface area contributed by atoms with Crippen LogP contribution in [0.25, 0.3) is 0 Å². The lowest BCUT2D eigenvalue weighted by molar-refractivity contribution is -0.142. The van der Waals surface area contributed by atoms with E-state index in [9.17, 15) is 4.79 Å². The van der Waals surface area contributed by atoms with Gasteiger partial charge in [0.2, 0.25) is 0 Å². The molecule has 0 radical (unpaired) electrons. The van der Waals surface area contributed by atoms with E-state index in [0.29, 0.717) is 5.92 Å². The second kappa shape index (κ2) is 6.55. The fourth-order valence-electron chi connectivity index (χ4n) is 2.79. The van der Waals surface area contributed by atoms with Crippen LogP contribution < -0.4 is 0 Å². The molecule has 0 bridgehead atoms. The van der Waals surface area contributed by atoms with Crippen LogP contribution in [0.3, 0.4) is 0 Å². The molecule has 0 aliphatic heterocycles. The monoisotopic (exact) mass is 358 g/mol. The third kappa shape index (κ3) is 3.46. The normalized spacial score (nSPS) is 17.7. The molecular formula is C15H19IO2. The molecule has 1 fully saturated rings. The summed E-state index contributed by atoms with van der Waals surface area (Å²) in [5.74, 6) is 0.506. The third-order valence-electron chi connectivity index (χ3n) is 3.80. The van der Waals surface area contributed by atoms with Gasteiger partial charge in [0.25, 0.3) is 0 Å². The van der Waals surface area contributed by atoms with E-state index in [0.717, 1.165) is 12.0 Å². The summed E-state index contributed by atoms with van der Waals surface area (Å²) in [7, 11) is 1.48. The van der Waals surface area contributed by atoms with Gasteiger partial charge in [-0.05, 0) is 52.6 Å². The maximum atomic E-state index is 12.0. The fourth-order valence-corrected chi connectivity index (χ4v) is 3.14. The van der Waals surface area contributed by atoms with Crippen LogP contribution in [0.1, 0.15) is 43.6 Å². The van der Waals surface area contributed by atoms with E-state index >= 15 is 0 Å². The summed E-state index contributed by atoms with van der Waals surface area (Å²) in [5.41, 5.74) is 1.09. The van der Waals surface area contributed by atoms with Crippen molar-refractivity contribution in [1.29, 1.82) is 0 Å². The summed E-state index contributed by atoms with van der Waals surface area (Å²) < 4.78 is 6.16. The Morgan fingerprint density at radius 1 is 1.33 bits per heavy atom. The predicted molar refractivity (Wildman–Crippen MR) is 80.5 cm³/mol. The molecule has 0 heterocycles. The van der Waals surface area contributed by atoms with Crippen molar-refractivity contribution in [2.75, 3.05) is 7.11 Å². The van der Waals surface area contributed by atoms with Gasteiger partial charge in [0.05, 0.1) is 13.0 Å². The molecule has 1 aliphatic carbocycles. The van der Waals surface area contributed by atoms with Crippen LogP contribution in [0, 0.1) is 9.49 Å². The summed E-state index contributed by atoms with van der Waals surface area (Å²) in [6.07, 6.45) is 6.08. The molecule has 0 aromatic heterocycles. The first-order valence-electron chi connectivity index (χ1n) is 6.54. The van der Waals surface area contributed by atoms with Gasteiger partial charge in [-0.3, -0.25) is 4.79 Å². The van der Waals surface area contributed by atoms with Crippen LogP contribution >= 0.6 is 22.6 Å². The first-order chi connectivity index (χ1) is 8.70. The van der Waals surface area contributed by atoms with Crippen LogP contribution in [0.5, 0.6) is 0 Å². The Bertz CT molecular complexity index is 393. The smallest absolute Gasteiger partial charge is 0.313 e. The van der Waals surface area contributed by atoms with E-state index < -0.39 is 0 Å². The number of benzene rings is 1. The molecule has 3 heteroatoms. The van der Waals surface area contributed by atoms with Crippen molar-refractivity contribution in [3.05, 3.63) is 33.4 Å². The first-order valence-corrected chi connectivity index (χ1v) is 7.62. The van der Waals surface area contributed by atoms with Crippen molar-refractivity contribution in [3.8, 4) is 0 Å². The molecule has 1 aromatic rings. The van der Waals surface area contributed by atoms with E-state index in [4.69, 9.17) is 4.74 Å². The number of esters is 1. The van der Waals surface area contributed by atoms with Gasteiger partial charge < -0.3 is 4.74 Å². The van der Waals surface area contributed by atoms with Crippen LogP contribution in [0.2, 0.25) is 0 Å². The molecule has 1 unspecified atom stereocenters. The van der Waals surface area contributed by atoms with Crippen molar-refractivity contribution < 1.29 is 9.53 Å². The minimum absolute atomic E-state index is 0.0879. The average Bonchev–Trinajstić information content (AvgIpc) is 2.89. The van der Waals surface area contributed by atoms with Crippen LogP contribution in [-0.4, -0.2) is 13.1 Å². The molecule has 2 nitrogen and oxygen atoms in total. The average molecular weight is 358 g/mol. The number of carbonyl (C=O) groups excluding carboxylic acids is 1. The number of hydrogen-bond acceptors (Lipinski definition) is 2. The molecule has 18 heavy (non-hydrogen) atoms. The number of ether oxygens (including phenoxy) is 1. The molecule has 0 amide bonds. The zero-order chi connectivity index (χ0) is 13.0. The SMILES string of the molecule is COC(=O)C(CC1CCCC1)c1ccc(I)cc1. The Kier molecular flexibility index (Phi) is 5.03. The summed E-state index contributed by atoms with van der Waals surface area (Å²) >= 11 is 2.28. The van der Waals surface area contributed by atoms with Crippen molar-refractivity contribution in [1.82, 2.24) is 0 Å². The molecule has 0 saturated heterocycles. The van der Waals surface area contributed by atoms with Crippen molar-refractivity contribution in [3.63, 3.8) is 0 Å². The van der Waals surface area contributed by atoms with E-state index in [2.05, 4.69) is 46.9 Å². The molecule has 2 rings (SSSR count). The predicted octanol–water partition coefficient (Wildman–Crippen LogP) is 4.13. The summed E-state index contributed by atoms with van der Waals surface area (Å²) in [4.78, 5) is 12.0. The topological polar surface area (TPSA) is 26.3 Å². The number of rotatable bonds is 4. The summed E-state index contributed by atoms with van der Waals surface area (Å²) in [6, 6.07) is 8.22. The quantitative estimate of drug-likeness (QED) is 0.598. The second-order valence-electron chi connectivity index (χ2n) is 5.01. The molecule has 1 atom stereocenters. The summed E-state index contributed by atoms with van der Waals surface area (Å²) in [5, 5.41) is 0. The van der Waals surface area contributed by atoms with Gasteiger partial charge >= 0.3 is 5.97 Å². The van der Waals surface area contributed by atoms with Gasteiger partial charge in [0.1, 0.15) is 0 Å². The molecule has 0 spiro atoms. The minimum atomic E-state index is -0.0943. The van der Waals surface area contributed by atoms with Crippen molar-refractivity contribution in [2.24, 2.45) is 5.92 Å². The molecule has 98 valence electrons. The lowest BCUT2D eigenvalue weighted by atomic mass is 9.88.